The van der Waals surface area contributed by atoms with E-state index in [0.29, 0.717) is 22.1 Å². The topological polar surface area (TPSA) is 111 Å². The highest BCUT2D eigenvalue weighted by atomic mass is 32.2. The molecule has 3 N–H and O–H groups in total. The van der Waals surface area contributed by atoms with E-state index >= 15 is 0 Å². The van der Waals surface area contributed by atoms with Gasteiger partial charge in [-0.15, -0.1) is 0 Å². The number of nitrogens with two attached hydrogens (primary N) is 1. The third kappa shape index (κ3) is 3.57. The fourth-order valence-electron chi connectivity index (χ4n) is 1.73. The van der Waals surface area contributed by atoms with Crippen molar-refractivity contribution in [3.63, 3.8) is 0 Å². The third-order valence-corrected chi connectivity index (χ3v) is 4.29. The molecule has 9 heteroatoms. The van der Waals surface area contributed by atoms with E-state index in [4.69, 9.17) is 9.88 Å². The lowest BCUT2D eigenvalue weighted by molar-refractivity contribution is -0.114. The Labute approximate surface area is 125 Å². The van der Waals surface area contributed by atoms with Gasteiger partial charge < -0.3 is 10.1 Å². The zero-order valence-electron chi connectivity index (χ0n) is 11.3. The van der Waals surface area contributed by atoms with Crippen LogP contribution in [-0.4, -0.2) is 26.4 Å². The van der Waals surface area contributed by atoms with Gasteiger partial charge in [0, 0.05) is 23.6 Å². The first-order valence-corrected chi connectivity index (χ1v) is 8.18. The van der Waals surface area contributed by atoms with Crippen LogP contribution in [0.5, 0.6) is 5.19 Å². The molecule has 1 aromatic heterocycles. The minimum atomic E-state index is -3.96. The average molecular weight is 327 g/mol. The van der Waals surface area contributed by atoms with Crippen molar-refractivity contribution in [3.05, 3.63) is 23.6 Å². The third-order valence-electron chi connectivity index (χ3n) is 2.54. The normalized spacial score (nSPS) is 11.2. The lowest BCUT2D eigenvalue weighted by Crippen LogP contribution is -2.14. The summed E-state index contributed by atoms with van der Waals surface area (Å²) in [5, 5.41) is 9.83. The number of benzene rings is 1. The zero-order valence-corrected chi connectivity index (χ0v) is 12.9. The zero-order chi connectivity index (χ0) is 15.6. The SMILES string of the molecule is COc1nc(-c2ccc(NC(C)=O)cc2S(N)(=O)=O)cs1. The molecule has 0 aliphatic rings. The summed E-state index contributed by atoms with van der Waals surface area (Å²) in [5.74, 6) is -0.307. The van der Waals surface area contributed by atoms with Crippen LogP contribution in [0, 0.1) is 0 Å². The van der Waals surface area contributed by atoms with E-state index in [2.05, 4.69) is 10.3 Å². The van der Waals surface area contributed by atoms with Crippen LogP contribution in [0.15, 0.2) is 28.5 Å². The van der Waals surface area contributed by atoms with Crippen molar-refractivity contribution in [2.75, 3.05) is 12.4 Å². The van der Waals surface area contributed by atoms with E-state index in [-0.39, 0.29) is 10.8 Å². The molecule has 0 saturated heterocycles. The number of hydrogen-bond donors (Lipinski definition) is 2. The molecule has 1 aromatic carbocycles. The Kier molecular flexibility index (Phi) is 4.26. The highest BCUT2D eigenvalue weighted by Crippen LogP contribution is 2.32. The molecule has 21 heavy (non-hydrogen) atoms. The summed E-state index contributed by atoms with van der Waals surface area (Å²) < 4.78 is 28.5. The summed E-state index contributed by atoms with van der Waals surface area (Å²) in [5.41, 5.74) is 1.14. The predicted octanol–water partition coefficient (Wildman–Crippen LogP) is 1.42. The van der Waals surface area contributed by atoms with Crippen molar-refractivity contribution >= 4 is 33.0 Å². The van der Waals surface area contributed by atoms with E-state index < -0.39 is 10.0 Å². The number of nitrogens with zero attached hydrogens (tertiary/aromatic N) is 1. The number of aromatic nitrogens is 1. The Hall–Kier alpha value is -1.97. The molecule has 0 bridgehead atoms. The first kappa shape index (κ1) is 15.4. The summed E-state index contributed by atoms with van der Waals surface area (Å²) in [6, 6.07) is 4.43. The van der Waals surface area contributed by atoms with Crippen molar-refractivity contribution in [3.8, 4) is 16.5 Å². The number of anilines is 1. The van der Waals surface area contributed by atoms with Gasteiger partial charge in [0.15, 0.2) is 0 Å². The summed E-state index contributed by atoms with van der Waals surface area (Å²) in [6.07, 6.45) is 0. The molecule has 1 heterocycles. The Bertz CT molecular complexity index is 784. The number of sulfonamides is 1. The van der Waals surface area contributed by atoms with E-state index in [9.17, 15) is 13.2 Å². The quantitative estimate of drug-likeness (QED) is 0.882. The van der Waals surface area contributed by atoms with Gasteiger partial charge in [-0.05, 0) is 18.2 Å². The number of rotatable bonds is 4. The Morgan fingerprint density at radius 1 is 1.43 bits per heavy atom. The van der Waals surface area contributed by atoms with Crippen LogP contribution in [0.1, 0.15) is 6.92 Å². The van der Waals surface area contributed by atoms with Gasteiger partial charge in [0.2, 0.25) is 15.9 Å². The minimum Gasteiger partial charge on any atom is -0.473 e. The number of hydrogen-bond acceptors (Lipinski definition) is 6. The van der Waals surface area contributed by atoms with Gasteiger partial charge in [0.05, 0.1) is 17.7 Å². The molecule has 0 spiro atoms. The molecule has 1 amide bonds. The van der Waals surface area contributed by atoms with Crippen molar-refractivity contribution in [1.29, 1.82) is 0 Å². The molecule has 2 aromatic rings. The lowest BCUT2D eigenvalue weighted by atomic mass is 10.1. The molecule has 0 unspecified atom stereocenters. The molecule has 0 fully saturated rings. The second kappa shape index (κ2) is 5.80. The summed E-state index contributed by atoms with van der Waals surface area (Å²) in [7, 11) is -2.49. The predicted molar refractivity (Wildman–Crippen MR) is 79.8 cm³/mol. The van der Waals surface area contributed by atoms with Crippen LogP contribution in [0.4, 0.5) is 5.69 Å². The largest absolute Gasteiger partial charge is 0.473 e. The van der Waals surface area contributed by atoms with Crippen LogP contribution in [0.25, 0.3) is 11.3 Å². The Morgan fingerprint density at radius 2 is 2.14 bits per heavy atom. The van der Waals surface area contributed by atoms with Crippen molar-refractivity contribution in [1.82, 2.24) is 4.98 Å². The molecular weight excluding hydrogens is 314 g/mol. The van der Waals surface area contributed by atoms with E-state index in [1.807, 2.05) is 0 Å². The van der Waals surface area contributed by atoms with E-state index in [1.54, 1.807) is 17.5 Å². The minimum absolute atomic E-state index is 0.110. The van der Waals surface area contributed by atoms with Gasteiger partial charge in [-0.2, -0.15) is 0 Å². The summed E-state index contributed by atoms with van der Waals surface area (Å²) >= 11 is 1.24. The molecule has 0 saturated carbocycles. The van der Waals surface area contributed by atoms with E-state index in [0.717, 1.165) is 0 Å². The molecule has 0 aliphatic heterocycles. The van der Waals surface area contributed by atoms with Crippen LogP contribution >= 0.6 is 11.3 Å². The Morgan fingerprint density at radius 3 is 2.67 bits per heavy atom. The first-order valence-electron chi connectivity index (χ1n) is 5.75. The Balaban J connectivity index is 2.57. The summed E-state index contributed by atoms with van der Waals surface area (Å²) in [4.78, 5) is 15.1. The van der Waals surface area contributed by atoms with Gasteiger partial charge in [-0.3, -0.25) is 4.79 Å². The van der Waals surface area contributed by atoms with Crippen molar-refractivity contribution in [2.24, 2.45) is 5.14 Å². The van der Waals surface area contributed by atoms with Crippen LogP contribution in [0.3, 0.4) is 0 Å². The fourth-order valence-corrected chi connectivity index (χ4v) is 3.13. The first-order chi connectivity index (χ1) is 9.81. The molecular formula is C12H13N3O4S2. The molecule has 0 radical (unpaired) electrons. The van der Waals surface area contributed by atoms with Gasteiger partial charge in [-0.1, -0.05) is 11.3 Å². The molecule has 112 valence electrons. The second-order valence-electron chi connectivity index (χ2n) is 4.14. The number of ether oxygens (including phenoxy) is 1. The van der Waals surface area contributed by atoms with Gasteiger partial charge >= 0.3 is 0 Å². The van der Waals surface area contributed by atoms with Crippen molar-refractivity contribution < 1.29 is 17.9 Å². The highest BCUT2D eigenvalue weighted by Gasteiger charge is 2.18. The molecule has 0 aliphatic carbocycles. The van der Waals surface area contributed by atoms with Gasteiger partial charge in [0.1, 0.15) is 0 Å². The molecule has 0 atom stereocenters. The number of carbonyl (C=O) groups is 1. The number of primary sulfonamides is 1. The van der Waals surface area contributed by atoms with Crippen LogP contribution in [0.2, 0.25) is 0 Å². The van der Waals surface area contributed by atoms with Crippen LogP contribution in [-0.2, 0) is 14.8 Å². The van der Waals surface area contributed by atoms with E-state index in [1.165, 1.54) is 31.4 Å². The number of carbonyl (C=O) groups excluding carboxylic acids is 1. The maximum Gasteiger partial charge on any atom is 0.273 e. The lowest BCUT2D eigenvalue weighted by Gasteiger charge is -2.09. The maximum atomic E-state index is 11.8. The maximum absolute atomic E-state index is 11.8. The van der Waals surface area contributed by atoms with Gasteiger partial charge in [-0.25, -0.2) is 18.5 Å². The number of nitrogens with one attached hydrogen (secondary N) is 1. The second-order valence-corrected chi connectivity index (χ2v) is 6.49. The number of thiazole rings is 1. The molecule has 2 rings (SSSR count). The van der Waals surface area contributed by atoms with Crippen molar-refractivity contribution in [2.45, 2.75) is 11.8 Å². The van der Waals surface area contributed by atoms with Crippen LogP contribution < -0.4 is 15.2 Å². The molecule has 7 nitrogen and oxygen atoms in total. The standard InChI is InChI=1S/C12H13N3O4S2/c1-7(16)14-8-3-4-9(11(5-8)21(13,17)18)10-6-20-12(15-10)19-2/h3-6H,1-2H3,(H,14,16)(H2,13,17,18). The smallest absolute Gasteiger partial charge is 0.273 e. The monoisotopic (exact) mass is 327 g/mol. The highest BCUT2D eigenvalue weighted by molar-refractivity contribution is 7.89. The van der Waals surface area contributed by atoms with Gasteiger partial charge in [0.25, 0.3) is 5.19 Å². The fraction of sp³-hybridized carbons (Fsp3) is 0.167. The number of methoxy groups -OCH3 is 1. The average Bonchev–Trinajstić information content (AvgIpc) is 2.85. The summed E-state index contributed by atoms with van der Waals surface area (Å²) in [6.45, 7) is 1.33. The number of amides is 1.